The van der Waals surface area contributed by atoms with Gasteiger partial charge in [0.05, 0.1) is 26.9 Å². The van der Waals surface area contributed by atoms with Crippen LogP contribution in [0.3, 0.4) is 0 Å². The minimum atomic E-state index is -1.03. The molecule has 11 heteroatoms. The molecule has 0 aromatic heterocycles. The van der Waals surface area contributed by atoms with Crippen LogP contribution in [-0.2, 0) is 0 Å². The maximum absolute atomic E-state index is 10.4. The van der Waals surface area contributed by atoms with E-state index in [0.717, 1.165) is 0 Å². The summed E-state index contributed by atoms with van der Waals surface area (Å²) in [6.45, 7) is 0. The highest BCUT2D eigenvalue weighted by molar-refractivity contribution is 6.34. The average molecular weight is 284 g/mol. The summed E-state index contributed by atoms with van der Waals surface area (Å²) < 4.78 is 0. The molecule has 0 saturated heterocycles. The van der Waals surface area contributed by atoms with Crippen LogP contribution < -0.4 is 0 Å². The van der Waals surface area contributed by atoms with Crippen LogP contribution in [0.2, 0.25) is 5.02 Å². The van der Waals surface area contributed by atoms with E-state index in [4.69, 9.17) is 11.6 Å². The maximum Gasteiger partial charge on any atom is 0.301 e. The first-order chi connectivity index (χ1) is 7.34. The number of benzene rings is 1. The SMILES string of the molecule is Cl.O=[N+]([O-])c1cc([N+](=O)[O-])c(Cl)c([N+](=O)[O-])c1. The number of hydrogen-bond acceptors (Lipinski definition) is 6. The molecule has 1 aromatic carbocycles. The van der Waals surface area contributed by atoms with Crippen LogP contribution in [-0.4, -0.2) is 14.8 Å². The van der Waals surface area contributed by atoms with E-state index < -0.39 is 36.9 Å². The Bertz CT molecular complexity index is 470. The topological polar surface area (TPSA) is 129 Å². The predicted octanol–water partition coefficient (Wildman–Crippen LogP) is 2.49. The number of nitro benzene ring substituents is 3. The monoisotopic (exact) mass is 283 g/mol. The fourth-order valence-electron chi connectivity index (χ4n) is 0.951. The molecule has 0 unspecified atom stereocenters. The lowest BCUT2D eigenvalue weighted by atomic mass is 10.2. The minimum Gasteiger partial charge on any atom is -0.258 e. The molecule has 0 N–H and O–H groups in total. The fraction of sp³-hybridized carbons (Fsp3) is 0. The van der Waals surface area contributed by atoms with Gasteiger partial charge in [0.15, 0.2) is 5.02 Å². The van der Waals surface area contributed by atoms with E-state index in [-0.39, 0.29) is 12.4 Å². The molecule has 0 spiro atoms. The number of rotatable bonds is 3. The first-order valence-corrected chi connectivity index (χ1v) is 3.99. The van der Waals surface area contributed by atoms with Crippen LogP contribution in [0, 0.1) is 30.3 Å². The summed E-state index contributed by atoms with van der Waals surface area (Å²) in [5.41, 5.74) is -2.51. The lowest BCUT2D eigenvalue weighted by molar-refractivity contribution is -0.403. The Hall–Kier alpha value is -2.00. The van der Waals surface area contributed by atoms with Crippen LogP contribution in [0.25, 0.3) is 0 Å². The Morgan fingerprint density at radius 1 is 0.882 bits per heavy atom. The molecule has 0 fully saturated rings. The molecule has 0 heterocycles. The van der Waals surface area contributed by atoms with E-state index in [9.17, 15) is 30.3 Å². The second-order valence-corrected chi connectivity index (χ2v) is 2.95. The van der Waals surface area contributed by atoms with Gasteiger partial charge in [0, 0.05) is 0 Å². The van der Waals surface area contributed by atoms with Gasteiger partial charge >= 0.3 is 11.4 Å². The van der Waals surface area contributed by atoms with Gasteiger partial charge in [-0.15, -0.1) is 12.4 Å². The molecule has 0 aliphatic heterocycles. The molecule has 0 atom stereocenters. The van der Waals surface area contributed by atoms with E-state index in [2.05, 4.69) is 0 Å². The first-order valence-electron chi connectivity index (χ1n) is 3.61. The van der Waals surface area contributed by atoms with Gasteiger partial charge in [-0.2, -0.15) is 0 Å². The summed E-state index contributed by atoms with van der Waals surface area (Å²) in [5, 5.41) is 30.5. The number of nitro groups is 3. The molecule has 92 valence electrons. The molecule has 0 saturated carbocycles. The number of nitrogens with zero attached hydrogens (tertiary/aromatic N) is 3. The summed E-state index contributed by atoms with van der Waals surface area (Å²) in [7, 11) is 0. The van der Waals surface area contributed by atoms with Crippen molar-refractivity contribution in [3.05, 3.63) is 47.5 Å². The average Bonchev–Trinajstić information content (AvgIpc) is 2.16. The van der Waals surface area contributed by atoms with Crippen LogP contribution in [0.1, 0.15) is 0 Å². The van der Waals surface area contributed by atoms with Crippen molar-refractivity contribution in [3.63, 3.8) is 0 Å². The van der Waals surface area contributed by atoms with Gasteiger partial charge in [0.2, 0.25) is 0 Å². The third-order valence-corrected chi connectivity index (χ3v) is 2.01. The molecule has 0 radical (unpaired) electrons. The Balaban J connectivity index is 0.00000256. The molecule has 9 nitrogen and oxygen atoms in total. The molecule has 1 rings (SSSR count). The van der Waals surface area contributed by atoms with Crippen molar-refractivity contribution >= 4 is 41.1 Å². The van der Waals surface area contributed by atoms with Gasteiger partial charge in [-0.25, -0.2) is 0 Å². The van der Waals surface area contributed by atoms with Gasteiger partial charge < -0.3 is 0 Å². The number of halogens is 2. The van der Waals surface area contributed by atoms with E-state index >= 15 is 0 Å². The van der Waals surface area contributed by atoms with Crippen LogP contribution >= 0.6 is 24.0 Å². The van der Waals surface area contributed by atoms with Crippen molar-refractivity contribution in [1.29, 1.82) is 0 Å². The van der Waals surface area contributed by atoms with Crippen LogP contribution in [0.15, 0.2) is 12.1 Å². The molecular weight excluding hydrogens is 281 g/mol. The molecule has 0 aliphatic rings. The Labute approximate surface area is 104 Å². The minimum absolute atomic E-state index is 0. The fourth-order valence-corrected chi connectivity index (χ4v) is 1.20. The summed E-state index contributed by atoms with van der Waals surface area (Å²) in [6.07, 6.45) is 0. The number of hydrogen-bond donors (Lipinski definition) is 0. The lowest BCUT2D eigenvalue weighted by Crippen LogP contribution is -1.98. The van der Waals surface area contributed by atoms with Crippen molar-refractivity contribution < 1.29 is 14.8 Å². The highest BCUT2D eigenvalue weighted by Gasteiger charge is 2.28. The van der Waals surface area contributed by atoms with Gasteiger partial charge in [0.25, 0.3) is 5.69 Å². The van der Waals surface area contributed by atoms with Gasteiger partial charge in [-0.3, -0.25) is 30.3 Å². The zero-order valence-corrected chi connectivity index (χ0v) is 9.30. The third-order valence-electron chi connectivity index (χ3n) is 1.62. The zero-order chi connectivity index (χ0) is 12.5. The summed E-state index contributed by atoms with van der Waals surface area (Å²) >= 11 is 5.37. The Morgan fingerprint density at radius 3 is 1.47 bits per heavy atom. The highest BCUT2D eigenvalue weighted by Crippen LogP contribution is 2.37. The second-order valence-electron chi connectivity index (χ2n) is 2.57. The number of non-ortho nitro benzene ring substituents is 1. The van der Waals surface area contributed by atoms with Gasteiger partial charge in [-0.05, 0) is 0 Å². The summed E-state index contributed by atoms with van der Waals surface area (Å²) in [6, 6.07) is 1.13. The summed E-state index contributed by atoms with van der Waals surface area (Å²) in [5.74, 6) is 0. The largest absolute Gasteiger partial charge is 0.301 e. The van der Waals surface area contributed by atoms with Crippen molar-refractivity contribution in [3.8, 4) is 0 Å². The molecule has 0 aliphatic carbocycles. The van der Waals surface area contributed by atoms with Crippen LogP contribution in [0.4, 0.5) is 17.1 Å². The van der Waals surface area contributed by atoms with Crippen molar-refractivity contribution in [2.24, 2.45) is 0 Å². The first kappa shape index (κ1) is 15.0. The third kappa shape index (κ3) is 2.98. The lowest BCUT2D eigenvalue weighted by Gasteiger charge is -1.97. The zero-order valence-electron chi connectivity index (χ0n) is 7.73. The quantitative estimate of drug-likeness (QED) is 0.619. The normalized spacial score (nSPS) is 9.24. The standard InChI is InChI=1S/C6H2ClN3O6.ClH/c7-6-4(9(13)14)1-3(8(11)12)2-5(6)10(15)16;/h1-2H;1H. The second kappa shape index (κ2) is 5.37. The summed E-state index contributed by atoms with van der Waals surface area (Å²) in [4.78, 5) is 28.2. The Morgan fingerprint density at radius 2 is 1.24 bits per heavy atom. The predicted molar refractivity (Wildman–Crippen MR) is 58.7 cm³/mol. The van der Waals surface area contributed by atoms with Crippen molar-refractivity contribution in [2.75, 3.05) is 0 Å². The van der Waals surface area contributed by atoms with Crippen LogP contribution in [0.5, 0.6) is 0 Å². The molecule has 0 amide bonds. The van der Waals surface area contributed by atoms with E-state index in [0.29, 0.717) is 12.1 Å². The Kier molecular flexibility index (Phi) is 4.73. The van der Waals surface area contributed by atoms with E-state index in [1.54, 1.807) is 0 Å². The highest BCUT2D eigenvalue weighted by atomic mass is 35.5. The smallest absolute Gasteiger partial charge is 0.258 e. The molecule has 0 bridgehead atoms. The molecule has 1 aromatic rings. The van der Waals surface area contributed by atoms with E-state index in [1.807, 2.05) is 0 Å². The van der Waals surface area contributed by atoms with Gasteiger partial charge in [-0.1, -0.05) is 11.6 Å². The van der Waals surface area contributed by atoms with Crippen molar-refractivity contribution in [2.45, 2.75) is 0 Å². The van der Waals surface area contributed by atoms with Crippen molar-refractivity contribution in [1.82, 2.24) is 0 Å². The maximum atomic E-state index is 10.4. The van der Waals surface area contributed by atoms with Gasteiger partial charge in [0.1, 0.15) is 0 Å². The molecule has 17 heavy (non-hydrogen) atoms. The molecular formula is C6H3Cl2N3O6. The van der Waals surface area contributed by atoms with E-state index in [1.165, 1.54) is 0 Å².